The van der Waals surface area contributed by atoms with Crippen molar-refractivity contribution < 1.29 is 18.0 Å². The number of aromatic nitrogens is 1. The summed E-state index contributed by atoms with van der Waals surface area (Å²) in [4.78, 5) is 23.9. The number of carbonyl (C=O) groups is 1. The molecule has 0 spiro atoms. The topological polar surface area (TPSA) is 51.7 Å². The molecule has 6 nitrogen and oxygen atoms in total. The Hall–Kier alpha value is -3.14. The number of amides is 1. The molecular formula is C29H31ClF3N5O. The van der Waals surface area contributed by atoms with Crippen molar-refractivity contribution in [1.29, 1.82) is 0 Å². The molecule has 10 heteroatoms. The van der Waals surface area contributed by atoms with Crippen LogP contribution < -0.4 is 10.2 Å². The number of likely N-dealkylation sites (tertiary alicyclic amines) is 1. The van der Waals surface area contributed by atoms with Crippen molar-refractivity contribution in [1.82, 2.24) is 20.1 Å². The van der Waals surface area contributed by atoms with Crippen LogP contribution in [-0.2, 0) is 24.1 Å². The van der Waals surface area contributed by atoms with Crippen LogP contribution in [0.15, 0.2) is 73.1 Å². The SMILES string of the molecule is O=C([C@@H]1C[C@@H](NCc2ccc(Cl)cc2)CN1Cc1cccnc1)N1CCN(c2cccc(C(F)(F)F)c2)CC1. The van der Waals surface area contributed by atoms with Gasteiger partial charge < -0.3 is 15.1 Å². The van der Waals surface area contributed by atoms with Gasteiger partial charge in [0.05, 0.1) is 11.6 Å². The Morgan fingerprint density at radius 1 is 1.00 bits per heavy atom. The number of hydrogen-bond donors (Lipinski definition) is 1. The Morgan fingerprint density at radius 2 is 1.77 bits per heavy atom. The monoisotopic (exact) mass is 557 g/mol. The third-order valence-corrected chi connectivity index (χ3v) is 7.69. The van der Waals surface area contributed by atoms with Gasteiger partial charge >= 0.3 is 6.18 Å². The molecule has 0 saturated carbocycles. The molecule has 2 fully saturated rings. The lowest BCUT2D eigenvalue weighted by molar-refractivity contribution is -0.137. The first-order valence-electron chi connectivity index (χ1n) is 13.1. The summed E-state index contributed by atoms with van der Waals surface area (Å²) in [7, 11) is 0. The van der Waals surface area contributed by atoms with Gasteiger partial charge in [0, 0.05) is 75.0 Å². The molecule has 1 amide bonds. The highest BCUT2D eigenvalue weighted by molar-refractivity contribution is 6.30. The number of pyridine rings is 1. The molecule has 39 heavy (non-hydrogen) atoms. The second kappa shape index (κ2) is 11.9. The highest BCUT2D eigenvalue weighted by atomic mass is 35.5. The molecule has 2 aliphatic rings. The zero-order chi connectivity index (χ0) is 27.4. The minimum atomic E-state index is -4.38. The van der Waals surface area contributed by atoms with E-state index in [0.717, 1.165) is 23.7 Å². The quantitative estimate of drug-likeness (QED) is 0.451. The van der Waals surface area contributed by atoms with E-state index in [1.165, 1.54) is 12.1 Å². The first kappa shape index (κ1) is 27.4. The maximum Gasteiger partial charge on any atom is 0.416 e. The van der Waals surface area contributed by atoms with Crippen molar-refractivity contribution in [3.63, 3.8) is 0 Å². The Balaban J connectivity index is 1.23. The zero-order valence-electron chi connectivity index (χ0n) is 21.4. The average Bonchev–Trinajstić information content (AvgIpc) is 3.35. The molecule has 3 aromatic rings. The van der Waals surface area contributed by atoms with Gasteiger partial charge in [-0.1, -0.05) is 35.9 Å². The number of anilines is 1. The zero-order valence-corrected chi connectivity index (χ0v) is 22.2. The van der Waals surface area contributed by atoms with Crippen molar-refractivity contribution in [2.75, 3.05) is 37.6 Å². The number of nitrogens with zero attached hydrogens (tertiary/aromatic N) is 4. The number of nitrogens with one attached hydrogen (secondary N) is 1. The summed E-state index contributed by atoms with van der Waals surface area (Å²) in [5, 5.41) is 4.29. The third kappa shape index (κ3) is 6.90. The van der Waals surface area contributed by atoms with Gasteiger partial charge in [-0.25, -0.2) is 0 Å². The highest BCUT2D eigenvalue weighted by Crippen LogP contribution is 2.32. The summed E-state index contributed by atoms with van der Waals surface area (Å²) in [6, 6.07) is 16.9. The molecule has 0 aliphatic carbocycles. The summed E-state index contributed by atoms with van der Waals surface area (Å²) >= 11 is 6.01. The van der Waals surface area contributed by atoms with Gasteiger partial charge in [-0.05, 0) is 53.9 Å². The first-order chi connectivity index (χ1) is 18.8. The van der Waals surface area contributed by atoms with E-state index in [9.17, 15) is 18.0 Å². The van der Waals surface area contributed by atoms with Gasteiger partial charge in [0.15, 0.2) is 0 Å². The summed E-state index contributed by atoms with van der Waals surface area (Å²) in [6.07, 6.45) is -0.146. The fourth-order valence-corrected chi connectivity index (χ4v) is 5.47. The lowest BCUT2D eigenvalue weighted by Crippen LogP contribution is -2.53. The van der Waals surface area contributed by atoms with Crippen LogP contribution in [-0.4, -0.2) is 65.5 Å². The van der Waals surface area contributed by atoms with Crippen molar-refractivity contribution in [3.05, 3.63) is 94.8 Å². The van der Waals surface area contributed by atoms with E-state index in [2.05, 4.69) is 15.2 Å². The smallest absolute Gasteiger partial charge is 0.368 e. The minimum absolute atomic E-state index is 0.0679. The van der Waals surface area contributed by atoms with Gasteiger partial charge in [0.2, 0.25) is 5.91 Å². The van der Waals surface area contributed by atoms with Crippen LogP contribution >= 0.6 is 11.6 Å². The molecule has 2 aliphatic heterocycles. The van der Waals surface area contributed by atoms with Gasteiger partial charge in [0.25, 0.3) is 0 Å². The number of rotatable bonds is 7. The van der Waals surface area contributed by atoms with Crippen molar-refractivity contribution in [3.8, 4) is 0 Å². The van der Waals surface area contributed by atoms with E-state index in [1.54, 1.807) is 12.3 Å². The maximum atomic E-state index is 13.7. The number of benzene rings is 2. The summed E-state index contributed by atoms with van der Waals surface area (Å²) in [5.41, 5.74) is 2.04. The molecule has 0 bridgehead atoms. The number of alkyl halides is 3. The number of carbonyl (C=O) groups excluding carboxylic acids is 1. The van der Waals surface area contributed by atoms with E-state index in [0.29, 0.717) is 56.4 Å². The lowest BCUT2D eigenvalue weighted by Gasteiger charge is -2.38. The van der Waals surface area contributed by atoms with Gasteiger partial charge in [-0.3, -0.25) is 14.7 Å². The maximum absolute atomic E-state index is 13.7. The largest absolute Gasteiger partial charge is 0.416 e. The summed E-state index contributed by atoms with van der Waals surface area (Å²) in [5.74, 6) is 0.0679. The standard InChI is InChI=1S/C29H31ClF3N5O/c30-24-8-6-21(7-9-24)18-35-25-16-27(38(20-25)19-22-3-2-10-34-17-22)28(39)37-13-11-36(12-14-37)26-5-1-4-23(15-26)29(31,32)33/h1-10,15,17,25,27,35H,11-14,16,18-20H2/t25-,27+/m1/s1. The van der Waals surface area contributed by atoms with Crippen LogP contribution in [0.3, 0.4) is 0 Å². The lowest BCUT2D eigenvalue weighted by atomic mass is 10.1. The second-order valence-electron chi connectivity index (χ2n) is 10.1. The third-order valence-electron chi connectivity index (χ3n) is 7.44. The molecule has 206 valence electrons. The molecule has 0 radical (unpaired) electrons. The van der Waals surface area contributed by atoms with Crippen molar-refractivity contribution in [2.45, 2.75) is 37.8 Å². The molecule has 2 atom stereocenters. The molecule has 2 aromatic carbocycles. The van der Waals surface area contributed by atoms with Crippen molar-refractivity contribution in [2.24, 2.45) is 0 Å². The van der Waals surface area contributed by atoms with Gasteiger partial charge in [-0.15, -0.1) is 0 Å². The molecule has 1 aromatic heterocycles. The van der Waals surface area contributed by atoms with Gasteiger partial charge in [0.1, 0.15) is 0 Å². The Labute approximate surface area is 231 Å². The molecule has 0 unspecified atom stereocenters. The highest BCUT2D eigenvalue weighted by Gasteiger charge is 2.39. The van der Waals surface area contributed by atoms with Crippen LogP contribution in [0, 0.1) is 0 Å². The van der Waals surface area contributed by atoms with Crippen LogP contribution in [0.2, 0.25) is 5.02 Å². The number of piperazine rings is 1. The Morgan fingerprint density at radius 3 is 2.46 bits per heavy atom. The second-order valence-corrected chi connectivity index (χ2v) is 10.5. The Kier molecular flexibility index (Phi) is 8.40. The molecule has 2 saturated heterocycles. The molecule has 1 N–H and O–H groups in total. The average molecular weight is 558 g/mol. The predicted molar refractivity (Wildman–Crippen MR) is 145 cm³/mol. The normalized spacial score (nSPS) is 20.4. The number of hydrogen-bond acceptors (Lipinski definition) is 5. The van der Waals surface area contributed by atoms with E-state index in [1.807, 2.05) is 52.4 Å². The van der Waals surface area contributed by atoms with E-state index >= 15 is 0 Å². The molecule has 3 heterocycles. The van der Waals surface area contributed by atoms with E-state index in [4.69, 9.17) is 11.6 Å². The van der Waals surface area contributed by atoms with Gasteiger partial charge in [-0.2, -0.15) is 13.2 Å². The molecule has 5 rings (SSSR count). The Bertz CT molecular complexity index is 1250. The minimum Gasteiger partial charge on any atom is -0.368 e. The van der Waals surface area contributed by atoms with E-state index in [-0.39, 0.29) is 18.0 Å². The fraction of sp³-hybridized carbons (Fsp3) is 0.379. The van der Waals surface area contributed by atoms with Crippen LogP contribution in [0.4, 0.5) is 18.9 Å². The van der Waals surface area contributed by atoms with Crippen LogP contribution in [0.1, 0.15) is 23.1 Å². The van der Waals surface area contributed by atoms with Crippen LogP contribution in [0.25, 0.3) is 0 Å². The summed E-state index contributed by atoms with van der Waals surface area (Å²) < 4.78 is 39.5. The summed E-state index contributed by atoms with van der Waals surface area (Å²) in [6.45, 7) is 3.93. The van der Waals surface area contributed by atoms with Crippen molar-refractivity contribution >= 4 is 23.2 Å². The number of halogens is 4. The fourth-order valence-electron chi connectivity index (χ4n) is 5.35. The van der Waals surface area contributed by atoms with E-state index < -0.39 is 11.7 Å². The predicted octanol–water partition coefficient (Wildman–Crippen LogP) is 4.84. The molecular weight excluding hydrogens is 527 g/mol. The first-order valence-corrected chi connectivity index (χ1v) is 13.5. The van der Waals surface area contributed by atoms with Crippen LogP contribution in [0.5, 0.6) is 0 Å².